The SMILES string of the molecule is Cc1cnn(CCNC(=O)c2ccc3c(c2)nc(N2CCOCC2)n3C)c1. The Labute approximate surface area is 157 Å². The van der Waals surface area contributed by atoms with Crippen molar-refractivity contribution in [2.45, 2.75) is 13.5 Å². The quantitative estimate of drug-likeness (QED) is 0.736. The molecule has 2 aromatic heterocycles. The number of imidazole rings is 1. The third-order valence-electron chi connectivity index (χ3n) is 4.80. The average molecular weight is 368 g/mol. The van der Waals surface area contributed by atoms with Gasteiger partial charge in [0.05, 0.1) is 37.0 Å². The van der Waals surface area contributed by atoms with Crippen LogP contribution in [0.2, 0.25) is 0 Å². The van der Waals surface area contributed by atoms with Gasteiger partial charge in [-0.1, -0.05) is 0 Å². The first-order valence-electron chi connectivity index (χ1n) is 9.18. The third-order valence-corrected chi connectivity index (χ3v) is 4.80. The van der Waals surface area contributed by atoms with Crippen molar-refractivity contribution < 1.29 is 9.53 Å². The van der Waals surface area contributed by atoms with Gasteiger partial charge in [0.15, 0.2) is 0 Å². The smallest absolute Gasteiger partial charge is 0.251 e. The maximum atomic E-state index is 12.5. The molecule has 0 aliphatic carbocycles. The second-order valence-electron chi connectivity index (χ2n) is 6.81. The molecule has 1 saturated heterocycles. The van der Waals surface area contributed by atoms with Gasteiger partial charge in [0.25, 0.3) is 5.91 Å². The summed E-state index contributed by atoms with van der Waals surface area (Å²) in [4.78, 5) is 19.4. The maximum absolute atomic E-state index is 12.5. The molecule has 8 nitrogen and oxygen atoms in total. The van der Waals surface area contributed by atoms with Gasteiger partial charge in [0, 0.05) is 38.4 Å². The number of nitrogens with one attached hydrogen (secondary N) is 1. The number of ether oxygens (including phenoxy) is 1. The number of anilines is 1. The topological polar surface area (TPSA) is 77.2 Å². The zero-order valence-electron chi connectivity index (χ0n) is 15.7. The number of aromatic nitrogens is 4. The molecule has 1 N–H and O–H groups in total. The Morgan fingerprint density at radius 2 is 2.11 bits per heavy atom. The number of fused-ring (bicyclic) bond motifs is 1. The number of aryl methyl sites for hydroxylation is 2. The van der Waals surface area contributed by atoms with E-state index in [1.54, 1.807) is 0 Å². The summed E-state index contributed by atoms with van der Waals surface area (Å²) in [6, 6.07) is 5.66. The summed E-state index contributed by atoms with van der Waals surface area (Å²) < 4.78 is 9.32. The maximum Gasteiger partial charge on any atom is 0.251 e. The second kappa shape index (κ2) is 7.40. The Bertz CT molecular complexity index is 954. The van der Waals surface area contributed by atoms with Crippen molar-refractivity contribution in [2.24, 2.45) is 7.05 Å². The van der Waals surface area contributed by atoms with E-state index in [0.29, 0.717) is 31.9 Å². The number of benzene rings is 1. The van der Waals surface area contributed by atoms with Gasteiger partial charge in [-0.2, -0.15) is 5.10 Å². The number of rotatable bonds is 5. The first-order valence-corrected chi connectivity index (χ1v) is 9.18. The lowest BCUT2D eigenvalue weighted by molar-refractivity contribution is 0.0952. The van der Waals surface area contributed by atoms with E-state index < -0.39 is 0 Å². The minimum atomic E-state index is -0.0978. The van der Waals surface area contributed by atoms with Crippen LogP contribution in [0.4, 0.5) is 5.95 Å². The van der Waals surface area contributed by atoms with Crippen molar-refractivity contribution in [3.05, 3.63) is 41.7 Å². The molecule has 0 bridgehead atoms. The molecule has 8 heteroatoms. The zero-order chi connectivity index (χ0) is 18.8. The van der Waals surface area contributed by atoms with Crippen molar-refractivity contribution in [3.8, 4) is 0 Å². The van der Waals surface area contributed by atoms with Crippen molar-refractivity contribution in [2.75, 3.05) is 37.7 Å². The lowest BCUT2D eigenvalue weighted by Crippen LogP contribution is -2.37. The average Bonchev–Trinajstić information content (AvgIpc) is 3.25. The van der Waals surface area contributed by atoms with Crippen LogP contribution in [0.1, 0.15) is 15.9 Å². The molecule has 1 aliphatic heterocycles. The number of hydrogen-bond acceptors (Lipinski definition) is 5. The number of nitrogens with zero attached hydrogens (tertiary/aromatic N) is 5. The Morgan fingerprint density at radius 1 is 1.30 bits per heavy atom. The molecule has 0 spiro atoms. The Kier molecular flexibility index (Phi) is 4.81. The Hall–Kier alpha value is -2.87. The minimum Gasteiger partial charge on any atom is -0.378 e. The normalized spacial score (nSPS) is 14.7. The molecule has 1 fully saturated rings. The second-order valence-corrected chi connectivity index (χ2v) is 6.81. The lowest BCUT2D eigenvalue weighted by Gasteiger charge is -2.27. The van der Waals surface area contributed by atoms with Gasteiger partial charge in [-0.3, -0.25) is 9.48 Å². The van der Waals surface area contributed by atoms with E-state index in [-0.39, 0.29) is 5.91 Å². The van der Waals surface area contributed by atoms with Crippen LogP contribution < -0.4 is 10.2 Å². The van der Waals surface area contributed by atoms with E-state index >= 15 is 0 Å². The molecule has 142 valence electrons. The third kappa shape index (κ3) is 3.66. The minimum absolute atomic E-state index is 0.0978. The molecule has 3 heterocycles. The molecule has 27 heavy (non-hydrogen) atoms. The first kappa shape index (κ1) is 17.5. The Balaban J connectivity index is 1.46. The van der Waals surface area contributed by atoms with Gasteiger partial charge < -0.3 is 19.5 Å². The molecule has 4 rings (SSSR count). The standard InChI is InChI=1S/C19H24N6O2/c1-14-12-21-25(13-14)6-5-20-18(26)15-3-4-17-16(11-15)22-19(23(17)2)24-7-9-27-10-8-24/h3-4,11-13H,5-10H2,1-2H3,(H,20,26). The highest BCUT2D eigenvalue weighted by molar-refractivity contribution is 5.97. The molecule has 1 aliphatic rings. The summed E-state index contributed by atoms with van der Waals surface area (Å²) in [5.74, 6) is 0.819. The summed E-state index contributed by atoms with van der Waals surface area (Å²) in [6.07, 6.45) is 3.77. The van der Waals surface area contributed by atoms with E-state index in [0.717, 1.165) is 35.6 Å². The monoisotopic (exact) mass is 368 g/mol. The fraction of sp³-hybridized carbons (Fsp3) is 0.421. The van der Waals surface area contributed by atoms with Gasteiger partial charge in [-0.15, -0.1) is 0 Å². The summed E-state index contributed by atoms with van der Waals surface area (Å²) >= 11 is 0. The van der Waals surface area contributed by atoms with Crippen LogP contribution in [0.5, 0.6) is 0 Å². The van der Waals surface area contributed by atoms with Crippen molar-refractivity contribution in [1.29, 1.82) is 0 Å². The number of amides is 1. The number of hydrogen-bond donors (Lipinski definition) is 1. The number of carbonyl (C=O) groups is 1. The molecule has 3 aromatic rings. The molecule has 0 radical (unpaired) electrons. The van der Waals surface area contributed by atoms with Crippen LogP contribution in [-0.2, 0) is 18.3 Å². The van der Waals surface area contributed by atoms with Gasteiger partial charge in [-0.25, -0.2) is 4.98 Å². The molecule has 1 amide bonds. The zero-order valence-corrected chi connectivity index (χ0v) is 15.7. The summed E-state index contributed by atoms with van der Waals surface area (Å²) in [7, 11) is 2.01. The summed E-state index contributed by atoms with van der Waals surface area (Å²) in [5.41, 5.74) is 3.57. The number of morpholine rings is 1. The molecule has 1 aromatic carbocycles. The van der Waals surface area contributed by atoms with Crippen molar-refractivity contribution in [3.63, 3.8) is 0 Å². The largest absolute Gasteiger partial charge is 0.378 e. The predicted octanol–water partition coefficient (Wildman–Crippen LogP) is 1.34. The molecule has 0 saturated carbocycles. The summed E-state index contributed by atoms with van der Waals surface area (Å²) in [5, 5.41) is 7.17. The highest BCUT2D eigenvalue weighted by atomic mass is 16.5. The molecule has 0 atom stereocenters. The van der Waals surface area contributed by atoms with E-state index in [2.05, 4.69) is 19.9 Å². The Morgan fingerprint density at radius 3 is 2.85 bits per heavy atom. The highest BCUT2D eigenvalue weighted by Gasteiger charge is 2.18. The van der Waals surface area contributed by atoms with Gasteiger partial charge >= 0.3 is 0 Å². The first-order chi connectivity index (χ1) is 13.1. The van der Waals surface area contributed by atoms with Crippen molar-refractivity contribution in [1.82, 2.24) is 24.6 Å². The van der Waals surface area contributed by atoms with Crippen LogP contribution in [0.15, 0.2) is 30.6 Å². The van der Waals surface area contributed by atoms with E-state index in [1.165, 1.54) is 0 Å². The molecule has 0 unspecified atom stereocenters. The van der Waals surface area contributed by atoms with E-state index in [4.69, 9.17) is 9.72 Å². The van der Waals surface area contributed by atoms with Crippen molar-refractivity contribution >= 4 is 22.9 Å². The van der Waals surface area contributed by atoms with Crippen LogP contribution >= 0.6 is 0 Å². The van der Waals surface area contributed by atoms with Crippen LogP contribution in [0.25, 0.3) is 11.0 Å². The molecular formula is C19H24N6O2. The fourth-order valence-corrected chi connectivity index (χ4v) is 3.35. The summed E-state index contributed by atoms with van der Waals surface area (Å²) in [6.45, 7) is 6.26. The van der Waals surface area contributed by atoms with E-state index in [9.17, 15) is 4.79 Å². The van der Waals surface area contributed by atoms with Gasteiger partial charge in [0.2, 0.25) is 5.95 Å². The number of carbonyl (C=O) groups excluding carboxylic acids is 1. The van der Waals surface area contributed by atoms with Crippen LogP contribution in [-0.4, -0.2) is 58.1 Å². The van der Waals surface area contributed by atoms with Gasteiger partial charge in [0.1, 0.15) is 0 Å². The lowest BCUT2D eigenvalue weighted by atomic mass is 10.2. The van der Waals surface area contributed by atoms with E-state index in [1.807, 2.05) is 49.2 Å². The van der Waals surface area contributed by atoms with Crippen LogP contribution in [0, 0.1) is 6.92 Å². The molecular weight excluding hydrogens is 344 g/mol. The predicted molar refractivity (Wildman–Crippen MR) is 103 cm³/mol. The highest BCUT2D eigenvalue weighted by Crippen LogP contribution is 2.23. The van der Waals surface area contributed by atoms with Crippen LogP contribution in [0.3, 0.4) is 0 Å². The fourth-order valence-electron chi connectivity index (χ4n) is 3.35. The van der Waals surface area contributed by atoms with Gasteiger partial charge in [-0.05, 0) is 30.7 Å².